The predicted octanol–water partition coefficient (Wildman–Crippen LogP) is 3.39. The van der Waals surface area contributed by atoms with E-state index in [1.165, 1.54) is 12.3 Å². The fourth-order valence-electron chi connectivity index (χ4n) is 3.90. The zero-order chi connectivity index (χ0) is 23.7. The number of hydrogen-bond donors (Lipinski definition) is 2. The molecule has 3 aromatic rings. The van der Waals surface area contributed by atoms with Crippen LogP contribution in [0.2, 0.25) is 0 Å². The minimum Gasteiger partial charge on any atom is -0.350 e. The summed E-state index contributed by atoms with van der Waals surface area (Å²) < 4.78 is 27.0. The Morgan fingerprint density at radius 1 is 1.18 bits per heavy atom. The summed E-state index contributed by atoms with van der Waals surface area (Å²) >= 11 is 0. The predicted molar refractivity (Wildman–Crippen MR) is 120 cm³/mol. The highest BCUT2D eigenvalue weighted by Crippen LogP contribution is 2.34. The molecule has 1 amide bonds. The first-order valence-corrected chi connectivity index (χ1v) is 10.6. The first-order chi connectivity index (χ1) is 15.7. The number of carbonyl (C=O) groups excluding carboxylic acids is 1. The lowest BCUT2D eigenvalue weighted by Crippen LogP contribution is -2.49. The molecule has 4 heterocycles. The van der Waals surface area contributed by atoms with Crippen LogP contribution in [-0.4, -0.2) is 43.7 Å². The Morgan fingerprint density at radius 3 is 2.64 bits per heavy atom. The molecule has 0 unspecified atom stereocenters. The van der Waals surface area contributed by atoms with Gasteiger partial charge in [-0.2, -0.15) is 10.1 Å². The summed E-state index contributed by atoms with van der Waals surface area (Å²) in [7, 11) is 1.87. The fraction of sp³-hybridized carbons (Fsp3) is 0.409. The molecule has 0 aliphatic carbocycles. The topological polar surface area (TPSA) is 101 Å². The van der Waals surface area contributed by atoms with Crippen molar-refractivity contribution in [3.05, 3.63) is 53.2 Å². The van der Waals surface area contributed by atoms with Crippen molar-refractivity contribution in [2.75, 3.05) is 22.6 Å². The van der Waals surface area contributed by atoms with E-state index in [1.807, 2.05) is 38.9 Å². The van der Waals surface area contributed by atoms with Gasteiger partial charge in [-0.25, -0.2) is 13.8 Å². The molecule has 33 heavy (non-hydrogen) atoms. The number of pyridine rings is 1. The number of fused-ring (bicyclic) bond motifs is 1. The standard InChI is InChI=1S/C22H26F2N8O/c1-12(2)18-21(33)29-17-13(3)28-22(30-20(17)31(18)4)26-8-15-9-27-32(11-15)10-14-5-6-16(19(23)24)25-7-14/h5-7,9,11-12,18-19H,8,10H2,1-4H3,(H,29,33)(H,26,28,30)/t18-/m0/s1. The van der Waals surface area contributed by atoms with Gasteiger partial charge >= 0.3 is 0 Å². The normalized spacial score (nSPS) is 15.7. The van der Waals surface area contributed by atoms with E-state index in [1.54, 1.807) is 16.9 Å². The van der Waals surface area contributed by atoms with Gasteiger partial charge in [0.05, 0.1) is 18.4 Å². The Labute approximate surface area is 190 Å². The molecular weight excluding hydrogens is 430 g/mol. The lowest BCUT2D eigenvalue weighted by Gasteiger charge is -2.36. The summed E-state index contributed by atoms with van der Waals surface area (Å²) in [5.74, 6) is 1.20. The number of amides is 1. The molecule has 0 saturated heterocycles. The van der Waals surface area contributed by atoms with E-state index in [9.17, 15) is 13.6 Å². The van der Waals surface area contributed by atoms with Gasteiger partial charge in [-0.1, -0.05) is 19.9 Å². The molecule has 0 bridgehead atoms. The van der Waals surface area contributed by atoms with Crippen molar-refractivity contribution < 1.29 is 13.6 Å². The fourth-order valence-corrected chi connectivity index (χ4v) is 3.90. The molecule has 3 aromatic heterocycles. The molecule has 1 aliphatic heterocycles. The third-order valence-corrected chi connectivity index (χ3v) is 5.52. The Bertz CT molecular complexity index is 1150. The van der Waals surface area contributed by atoms with Crippen LogP contribution in [0.4, 0.5) is 26.2 Å². The Hall–Kier alpha value is -3.63. The highest BCUT2D eigenvalue weighted by atomic mass is 19.3. The average molecular weight is 457 g/mol. The monoisotopic (exact) mass is 456 g/mol. The minimum absolute atomic E-state index is 0.0566. The lowest BCUT2D eigenvalue weighted by molar-refractivity contribution is -0.118. The van der Waals surface area contributed by atoms with Crippen LogP contribution < -0.4 is 15.5 Å². The summed E-state index contributed by atoms with van der Waals surface area (Å²) in [5.41, 5.74) is 2.76. The molecule has 0 aromatic carbocycles. The van der Waals surface area contributed by atoms with Crippen LogP contribution in [0, 0.1) is 12.8 Å². The third-order valence-electron chi connectivity index (χ3n) is 5.52. The van der Waals surface area contributed by atoms with Crippen molar-refractivity contribution >= 4 is 23.4 Å². The molecule has 1 atom stereocenters. The Balaban J connectivity index is 1.43. The smallest absolute Gasteiger partial charge is 0.280 e. The van der Waals surface area contributed by atoms with Crippen LogP contribution in [0.1, 0.15) is 42.8 Å². The molecule has 9 nitrogen and oxygen atoms in total. The Kier molecular flexibility index (Phi) is 6.21. The van der Waals surface area contributed by atoms with Gasteiger partial charge in [0.1, 0.15) is 17.4 Å². The van der Waals surface area contributed by atoms with Crippen molar-refractivity contribution in [3.63, 3.8) is 0 Å². The number of likely N-dealkylation sites (N-methyl/N-ethyl adjacent to an activating group) is 1. The number of nitrogens with one attached hydrogen (secondary N) is 2. The zero-order valence-corrected chi connectivity index (χ0v) is 18.9. The second-order valence-electron chi connectivity index (χ2n) is 8.41. The number of aryl methyl sites for hydroxylation is 1. The van der Waals surface area contributed by atoms with E-state index in [0.717, 1.165) is 11.1 Å². The maximum absolute atomic E-state index is 12.6. The first-order valence-electron chi connectivity index (χ1n) is 10.6. The SMILES string of the molecule is Cc1nc(NCc2cnn(Cc3ccc(C(F)F)nc3)c2)nc2c1NC(=O)[C@H](C(C)C)N2C. The van der Waals surface area contributed by atoms with Gasteiger partial charge in [0.15, 0.2) is 5.82 Å². The van der Waals surface area contributed by atoms with Crippen molar-refractivity contribution in [1.29, 1.82) is 0 Å². The van der Waals surface area contributed by atoms with Gasteiger partial charge in [-0.15, -0.1) is 0 Å². The Morgan fingerprint density at radius 2 is 1.97 bits per heavy atom. The quantitative estimate of drug-likeness (QED) is 0.562. The molecule has 0 fully saturated rings. The van der Waals surface area contributed by atoms with Crippen molar-refractivity contribution in [2.24, 2.45) is 5.92 Å². The average Bonchev–Trinajstić information content (AvgIpc) is 3.20. The van der Waals surface area contributed by atoms with Crippen molar-refractivity contribution in [1.82, 2.24) is 24.7 Å². The molecule has 174 valence electrons. The number of aromatic nitrogens is 5. The number of anilines is 3. The van der Waals surface area contributed by atoms with Gasteiger partial charge in [-0.3, -0.25) is 14.5 Å². The largest absolute Gasteiger partial charge is 0.350 e. The first kappa shape index (κ1) is 22.6. The van der Waals surface area contributed by atoms with Gasteiger partial charge in [0.25, 0.3) is 6.43 Å². The van der Waals surface area contributed by atoms with E-state index >= 15 is 0 Å². The van der Waals surface area contributed by atoms with Crippen LogP contribution in [0.5, 0.6) is 0 Å². The van der Waals surface area contributed by atoms with Gasteiger partial charge < -0.3 is 15.5 Å². The van der Waals surface area contributed by atoms with Gasteiger partial charge in [0.2, 0.25) is 11.9 Å². The summed E-state index contributed by atoms with van der Waals surface area (Å²) in [5, 5.41) is 10.5. The van der Waals surface area contributed by atoms with Crippen LogP contribution in [0.3, 0.4) is 0 Å². The minimum atomic E-state index is -2.58. The highest BCUT2D eigenvalue weighted by molar-refractivity contribution is 6.03. The molecule has 1 aliphatic rings. The maximum atomic E-state index is 12.6. The van der Waals surface area contributed by atoms with Gasteiger partial charge in [0, 0.05) is 31.5 Å². The molecule has 0 saturated carbocycles. The van der Waals surface area contributed by atoms with Crippen molar-refractivity contribution in [3.8, 4) is 0 Å². The summed E-state index contributed by atoms with van der Waals surface area (Å²) in [6, 6.07) is 2.64. The highest BCUT2D eigenvalue weighted by Gasteiger charge is 2.35. The van der Waals surface area contributed by atoms with E-state index in [4.69, 9.17) is 0 Å². The van der Waals surface area contributed by atoms with E-state index in [-0.39, 0.29) is 23.6 Å². The summed E-state index contributed by atoms with van der Waals surface area (Å²) in [6.45, 7) is 6.71. The third kappa shape index (κ3) is 4.76. The number of hydrogen-bond acceptors (Lipinski definition) is 7. The van der Waals surface area contributed by atoms with Gasteiger partial charge in [-0.05, 0) is 24.5 Å². The van der Waals surface area contributed by atoms with Crippen LogP contribution in [0.25, 0.3) is 0 Å². The molecular formula is C22H26F2N8O. The van der Waals surface area contributed by atoms with E-state index in [0.29, 0.717) is 36.2 Å². The zero-order valence-electron chi connectivity index (χ0n) is 18.9. The van der Waals surface area contributed by atoms with Crippen LogP contribution in [0.15, 0.2) is 30.7 Å². The van der Waals surface area contributed by atoms with E-state index < -0.39 is 6.43 Å². The summed E-state index contributed by atoms with van der Waals surface area (Å²) in [6.07, 6.45) is 2.44. The van der Waals surface area contributed by atoms with Crippen molar-refractivity contribution in [2.45, 2.75) is 46.3 Å². The number of alkyl halides is 2. The van der Waals surface area contributed by atoms with Crippen LogP contribution >= 0.6 is 0 Å². The molecule has 4 rings (SSSR count). The molecule has 0 radical (unpaired) electrons. The maximum Gasteiger partial charge on any atom is 0.280 e. The number of carbonyl (C=O) groups is 1. The molecule has 0 spiro atoms. The van der Waals surface area contributed by atoms with E-state index in [2.05, 4.69) is 30.7 Å². The second kappa shape index (κ2) is 9.08. The lowest BCUT2D eigenvalue weighted by atomic mass is 9.99. The second-order valence-corrected chi connectivity index (χ2v) is 8.41. The number of nitrogens with zero attached hydrogens (tertiary/aromatic N) is 6. The number of halogens is 2. The van der Waals surface area contributed by atoms with Crippen LogP contribution in [-0.2, 0) is 17.9 Å². The molecule has 2 N–H and O–H groups in total. The molecule has 11 heteroatoms. The number of rotatable bonds is 7. The summed E-state index contributed by atoms with van der Waals surface area (Å²) in [4.78, 5) is 27.2.